The van der Waals surface area contributed by atoms with Crippen LogP contribution in [0.15, 0.2) is 47.3 Å². The molecule has 1 saturated carbocycles. The highest BCUT2D eigenvalue weighted by molar-refractivity contribution is 5.83. The summed E-state index contributed by atoms with van der Waals surface area (Å²) < 4.78 is 15.2. The molecule has 1 aliphatic rings. The number of nitrogens with one attached hydrogen (secondary N) is 1. The van der Waals surface area contributed by atoms with E-state index in [1.165, 1.54) is 25.0 Å². The molecule has 2 heterocycles. The minimum absolute atomic E-state index is 0.0417. The van der Waals surface area contributed by atoms with Crippen molar-refractivity contribution in [2.24, 2.45) is 0 Å². The third-order valence-electron chi connectivity index (χ3n) is 7.66. The topological polar surface area (TPSA) is 79.7 Å². The van der Waals surface area contributed by atoms with Crippen LogP contribution in [0.5, 0.6) is 0 Å². The van der Waals surface area contributed by atoms with Crippen molar-refractivity contribution < 1.29 is 4.39 Å². The van der Waals surface area contributed by atoms with Crippen molar-refractivity contribution in [1.82, 2.24) is 30.1 Å². The van der Waals surface area contributed by atoms with Gasteiger partial charge in [-0.15, -0.1) is 5.10 Å². The van der Waals surface area contributed by atoms with E-state index in [-0.39, 0.29) is 17.4 Å². The van der Waals surface area contributed by atoms with Gasteiger partial charge in [-0.25, -0.2) is 9.07 Å². The number of tetrazole rings is 1. The van der Waals surface area contributed by atoms with Crippen molar-refractivity contribution in [3.05, 3.63) is 86.7 Å². The predicted molar refractivity (Wildman–Crippen MR) is 138 cm³/mol. The van der Waals surface area contributed by atoms with E-state index in [2.05, 4.69) is 51.4 Å². The summed E-state index contributed by atoms with van der Waals surface area (Å²) in [6.45, 7) is 7.24. The lowest BCUT2D eigenvalue weighted by Crippen LogP contribution is -2.39. The normalized spacial score (nSPS) is 15.2. The molecular weight excluding hydrogens is 455 g/mol. The zero-order chi connectivity index (χ0) is 25.2. The minimum Gasteiger partial charge on any atom is -0.321 e. The number of rotatable bonds is 8. The van der Waals surface area contributed by atoms with Gasteiger partial charge in [0.1, 0.15) is 5.82 Å². The van der Waals surface area contributed by atoms with E-state index in [1.54, 1.807) is 16.8 Å². The number of fused-ring (bicyclic) bond motifs is 1. The molecule has 0 spiro atoms. The first-order valence-electron chi connectivity index (χ1n) is 12.8. The first kappa shape index (κ1) is 24.3. The molecule has 36 heavy (non-hydrogen) atoms. The van der Waals surface area contributed by atoms with Crippen molar-refractivity contribution in [1.29, 1.82) is 0 Å². The van der Waals surface area contributed by atoms with Crippen molar-refractivity contribution in [2.75, 3.05) is 0 Å². The van der Waals surface area contributed by atoms with Crippen LogP contribution in [0.3, 0.4) is 0 Å². The van der Waals surface area contributed by atoms with E-state index in [0.717, 1.165) is 58.2 Å². The standard InChI is InChI=1S/C28H33FN6O/c1-4-25(27-31-32-33-35(27)16-20-10-13-23(29)14-11-20)34(24-7-5-6-8-24)17-22-15-21-12-9-18(2)19(3)26(21)30-28(22)36/h9-15,24-25H,4-8,16-17H2,1-3H3,(H,30,36)/t25-/m1/s1. The molecule has 1 N–H and O–H groups in total. The average molecular weight is 489 g/mol. The number of pyridine rings is 1. The van der Waals surface area contributed by atoms with Crippen LogP contribution in [-0.2, 0) is 13.1 Å². The molecule has 4 aromatic rings. The summed E-state index contributed by atoms with van der Waals surface area (Å²) in [4.78, 5) is 18.8. The first-order valence-corrected chi connectivity index (χ1v) is 12.8. The Kier molecular flexibility index (Phi) is 6.96. The van der Waals surface area contributed by atoms with Crippen molar-refractivity contribution in [2.45, 2.75) is 78.0 Å². The highest BCUT2D eigenvalue weighted by Gasteiger charge is 2.32. The Bertz CT molecular complexity index is 1400. The highest BCUT2D eigenvalue weighted by Crippen LogP contribution is 2.34. The molecule has 188 valence electrons. The first-order chi connectivity index (χ1) is 17.4. The SMILES string of the molecule is CC[C@H](c1nnnn1Cc1ccc(F)cc1)N(Cc1cc2ccc(C)c(C)c2[nH]c1=O)C1CCCC1. The minimum atomic E-state index is -0.263. The van der Waals surface area contributed by atoms with Gasteiger partial charge >= 0.3 is 0 Å². The van der Waals surface area contributed by atoms with Crippen LogP contribution in [0.2, 0.25) is 0 Å². The van der Waals surface area contributed by atoms with Gasteiger partial charge in [0.2, 0.25) is 0 Å². The largest absolute Gasteiger partial charge is 0.321 e. The lowest BCUT2D eigenvalue weighted by Gasteiger charge is -2.35. The molecule has 0 amide bonds. The van der Waals surface area contributed by atoms with Crippen molar-refractivity contribution >= 4 is 10.9 Å². The van der Waals surface area contributed by atoms with E-state index in [9.17, 15) is 9.18 Å². The van der Waals surface area contributed by atoms with Gasteiger partial charge < -0.3 is 4.98 Å². The maximum atomic E-state index is 13.4. The second-order valence-corrected chi connectivity index (χ2v) is 9.95. The van der Waals surface area contributed by atoms with Crippen LogP contribution < -0.4 is 5.56 Å². The van der Waals surface area contributed by atoms with Gasteiger partial charge in [-0.2, -0.15) is 0 Å². The number of hydrogen-bond acceptors (Lipinski definition) is 5. The fourth-order valence-electron chi connectivity index (χ4n) is 5.50. The van der Waals surface area contributed by atoms with Gasteiger partial charge in [0.05, 0.1) is 18.1 Å². The number of nitrogens with zero attached hydrogens (tertiary/aromatic N) is 5. The summed E-state index contributed by atoms with van der Waals surface area (Å²) in [5.74, 6) is 0.512. The van der Waals surface area contributed by atoms with Gasteiger partial charge in [0.15, 0.2) is 5.82 Å². The number of hydrogen-bond donors (Lipinski definition) is 1. The predicted octanol–water partition coefficient (Wildman–Crippen LogP) is 5.21. The maximum absolute atomic E-state index is 13.4. The van der Waals surface area contributed by atoms with Gasteiger partial charge in [-0.3, -0.25) is 9.69 Å². The zero-order valence-corrected chi connectivity index (χ0v) is 21.2. The van der Waals surface area contributed by atoms with Crippen molar-refractivity contribution in [3.63, 3.8) is 0 Å². The van der Waals surface area contributed by atoms with Crippen LogP contribution in [0.1, 0.15) is 73.1 Å². The van der Waals surface area contributed by atoms with Crippen LogP contribution in [-0.4, -0.2) is 36.1 Å². The number of aryl methyl sites for hydroxylation is 2. The highest BCUT2D eigenvalue weighted by atomic mass is 19.1. The molecule has 0 bridgehead atoms. The third kappa shape index (κ3) is 4.82. The Labute approximate surface area is 210 Å². The Morgan fingerprint density at radius 3 is 2.61 bits per heavy atom. The van der Waals surface area contributed by atoms with Crippen LogP contribution >= 0.6 is 0 Å². The quantitative estimate of drug-likeness (QED) is 0.368. The van der Waals surface area contributed by atoms with Crippen LogP contribution in [0.25, 0.3) is 10.9 Å². The summed E-state index contributed by atoms with van der Waals surface area (Å²) in [6.07, 6.45) is 5.37. The summed E-state index contributed by atoms with van der Waals surface area (Å²) in [6, 6.07) is 13.0. The molecule has 1 atom stereocenters. The molecule has 0 unspecified atom stereocenters. The van der Waals surface area contributed by atoms with Crippen LogP contribution in [0, 0.1) is 19.7 Å². The number of aromatic nitrogens is 5. The Balaban J connectivity index is 1.50. The fraction of sp³-hybridized carbons (Fsp3) is 0.429. The molecule has 2 aromatic carbocycles. The number of halogens is 1. The summed E-state index contributed by atoms with van der Waals surface area (Å²) in [7, 11) is 0. The summed E-state index contributed by atoms with van der Waals surface area (Å²) in [5.41, 5.74) is 4.83. The van der Waals surface area contributed by atoms with E-state index >= 15 is 0 Å². The molecule has 0 aliphatic heterocycles. The molecule has 8 heteroatoms. The second-order valence-electron chi connectivity index (χ2n) is 9.95. The number of H-pyrrole nitrogens is 1. The van der Waals surface area contributed by atoms with E-state index in [0.29, 0.717) is 19.1 Å². The fourth-order valence-corrected chi connectivity index (χ4v) is 5.50. The Hall–Kier alpha value is -3.39. The monoisotopic (exact) mass is 488 g/mol. The molecule has 0 radical (unpaired) electrons. The lowest BCUT2D eigenvalue weighted by atomic mass is 10.0. The molecule has 5 rings (SSSR count). The van der Waals surface area contributed by atoms with E-state index in [4.69, 9.17) is 0 Å². The van der Waals surface area contributed by atoms with Gasteiger partial charge in [0.25, 0.3) is 5.56 Å². The van der Waals surface area contributed by atoms with Gasteiger partial charge in [-0.1, -0.05) is 44.0 Å². The molecule has 2 aromatic heterocycles. The molecule has 0 saturated heterocycles. The van der Waals surface area contributed by atoms with Gasteiger partial charge in [0, 0.05) is 18.2 Å². The van der Waals surface area contributed by atoms with E-state index < -0.39 is 0 Å². The molecule has 1 aliphatic carbocycles. The second kappa shape index (κ2) is 10.3. The summed E-state index contributed by atoms with van der Waals surface area (Å²) >= 11 is 0. The van der Waals surface area contributed by atoms with Crippen molar-refractivity contribution in [3.8, 4) is 0 Å². The van der Waals surface area contributed by atoms with Crippen LogP contribution in [0.4, 0.5) is 4.39 Å². The number of benzene rings is 2. The molecule has 1 fully saturated rings. The van der Waals surface area contributed by atoms with E-state index in [1.807, 2.05) is 13.0 Å². The Morgan fingerprint density at radius 1 is 1.14 bits per heavy atom. The zero-order valence-electron chi connectivity index (χ0n) is 21.2. The maximum Gasteiger partial charge on any atom is 0.252 e. The Morgan fingerprint density at radius 2 is 1.89 bits per heavy atom. The third-order valence-corrected chi connectivity index (χ3v) is 7.66. The summed E-state index contributed by atoms with van der Waals surface area (Å²) in [5, 5.41) is 13.7. The average Bonchev–Trinajstić information content (AvgIpc) is 3.57. The molecule has 7 nitrogen and oxygen atoms in total. The molecular formula is C28H33FN6O. The lowest BCUT2D eigenvalue weighted by molar-refractivity contribution is 0.112. The number of aromatic amines is 1. The smallest absolute Gasteiger partial charge is 0.252 e. The van der Waals surface area contributed by atoms with Gasteiger partial charge in [-0.05, 0) is 83.8 Å².